The fourth-order valence-electron chi connectivity index (χ4n) is 2.22. The molecule has 0 radical (unpaired) electrons. The predicted molar refractivity (Wildman–Crippen MR) is 103 cm³/mol. The van der Waals surface area contributed by atoms with Crippen molar-refractivity contribution in [2.24, 2.45) is 5.10 Å². The summed E-state index contributed by atoms with van der Waals surface area (Å²) < 4.78 is 0. The first kappa shape index (κ1) is 18.6. The predicted octanol–water partition coefficient (Wildman–Crippen LogP) is 3.97. The van der Waals surface area contributed by atoms with E-state index in [1.807, 2.05) is 6.07 Å². The third-order valence-electron chi connectivity index (χ3n) is 3.52. The van der Waals surface area contributed by atoms with Crippen LogP contribution in [-0.4, -0.2) is 20.5 Å². The summed E-state index contributed by atoms with van der Waals surface area (Å²) in [6.07, 6.45) is 0. The molecule has 0 aliphatic carbocycles. The Morgan fingerprint density at radius 2 is 1.79 bits per heavy atom. The molecule has 10 nitrogen and oxygen atoms in total. The number of hydrogen-bond acceptors (Lipinski definition) is 9. The number of hydrazone groups is 1. The number of nitro benzene ring substituents is 2. The molecule has 0 aliphatic rings. The number of thiazole rings is 1. The number of aromatic nitrogens is 1. The summed E-state index contributed by atoms with van der Waals surface area (Å²) in [5.74, 6) is 0. The SMILES string of the molecule is N#C/C(=N\Nc1cccc([N+](=O)[O-])c1)c1nc(-c2cccc([N+](=O)[O-])c2)cs1. The highest BCUT2D eigenvalue weighted by Gasteiger charge is 2.13. The van der Waals surface area contributed by atoms with Crippen molar-refractivity contribution in [2.75, 3.05) is 5.43 Å². The van der Waals surface area contributed by atoms with Crippen LogP contribution in [-0.2, 0) is 0 Å². The van der Waals surface area contributed by atoms with Crippen molar-refractivity contribution >= 4 is 34.1 Å². The van der Waals surface area contributed by atoms with Crippen molar-refractivity contribution in [3.8, 4) is 17.3 Å². The second-order valence-electron chi connectivity index (χ2n) is 5.34. The van der Waals surface area contributed by atoms with Gasteiger partial charge in [0.05, 0.1) is 21.2 Å². The van der Waals surface area contributed by atoms with Crippen LogP contribution in [0.1, 0.15) is 5.01 Å². The molecule has 0 fully saturated rings. The molecular weight excluding hydrogens is 384 g/mol. The van der Waals surface area contributed by atoms with Crippen molar-refractivity contribution in [1.29, 1.82) is 5.26 Å². The fourth-order valence-corrected chi connectivity index (χ4v) is 2.99. The van der Waals surface area contributed by atoms with Gasteiger partial charge in [-0.25, -0.2) is 4.98 Å². The standard InChI is InChI=1S/C17H10N6O4S/c18-9-15(21-20-12-4-2-6-14(8-12)23(26)27)17-19-16(10-28-17)11-3-1-5-13(7-11)22(24)25/h1-8,10,20H/b21-15+. The molecule has 2 aromatic carbocycles. The van der Waals surface area contributed by atoms with Crippen LogP contribution in [0.2, 0.25) is 0 Å². The highest BCUT2D eigenvalue weighted by atomic mass is 32.1. The normalized spacial score (nSPS) is 10.9. The van der Waals surface area contributed by atoms with Gasteiger partial charge in [0.15, 0.2) is 10.7 Å². The third kappa shape index (κ3) is 4.14. The van der Waals surface area contributed by atoms with E-state index in [4.69, 9.17) is 0 Å². The minimum absolute atomic E-state index is 0.0202. The van der Waals surface area contributed by atoms with Gasteiger partial charge in [0.1, 0.15) is 6.07 Å². The van der Waals surface area contributed by atoms with E-state index in [1.54, 1.807) is 23.6 Å². The number of nitrogens with zero attached hydrogens (tertiary/aromatic N) is 5. The number of benzene rings is 2. The summed E-state index contributed by atoms with van der Waals surface area (Å²) in [5, 5.41) is 37.0. The molecule has 0 amide bonds. The second kappa shape index (κ2) is 8.02. The Hall–Kier alpha value is -4.17. The molecule has 0 unspecified atom stereocenters. The van der Waals surface area contributed by atoms with Crippen LogP contribution in [0.15, 0.2) is 59.0 Å². The van der Waals surface area contributed by atoms with Gasteiger partial charge in [0.2, 0.25) is 0 Å². The lowest BCUT2D eigenvalue weighted by molar-refractivity contribution is -0.385. The van der Waals surface area contributed by atoms with Gasteiger partial charge in [-0.2, -0.15) is 10.4 Å². The topological polar surface area (TPSA) is 147 Å². The van der Waals surface area contributed by atoms with Gasteiger partial charge in [0, 0.05) is 35.2 Å². The van der Waals surface area contributed by atoms with Crippen LogP contribution in [0.25, 0.3) is 11.3 Å². The van der Waals surface area contributed by atoms with Gasteiger partial charge in [0.25, 0.3) is 11.4 Å². The Morgan fingerprint density at radius 1 is 1.11 bits per heavy atom. The van der Waals surface area contributed by atoms with Crippen molar-refractivity contribution < 1.29 is 9.85 Å². The quantitative estimate of drug-likeness (QED) is 0.378. The van der Waals surface area contributed by atoms with Crippen LogP contribution in [0.3, 0.4) is 0 Å². The number of nitrogens with one attached hydrogen (secondary N) is 1. The first-order valence-electron chi connectivity index (χ1n) is 7.67. The lowest BCUT2D eigenvalue weighted by atomic mass is 10.1. The highest BCUT2D eigenvalue weighted by Crippen LogP contribution is 2.26. The zero-order valence-corrected chi connectivity index (χ0v) is 14.8. The summed E-state index contributed by atoms with van der Waals surface area (Å²) in [6.45, 7) is 0. The molecular formula is C17H10N6O4S. The molecule has 138 valence electrons. The van der Waals surface area contributed by atoms with E-state index < -0.39 is 9.85 Å². The van der Waals surface area contributed by atoms with Gasteiger partial charge in [-0.15, -0.1) is 11.3 Å². The maximum atomic E-state index is 10.9. The number of nitriles is 1. The van der Waals surface area contributed by atoms with Crippen LogP contribution in [0, 0.1) is 31.6 Å². The van der Waals surface area contributed by atoms with Gasteiger partial charge in [-0.3, -0.25) is 25.7 Å². The largest absolute Gasteiger partial charge is 0.277 e. The van der Waals surface area contributed by atoms with Gasteiger partial charge in [-0.05, 0) is 6.07 Å². The zero-order valence-electron chi connectivity index (χ0n) is 14.0. The monoisotopic (exact) mass is 394 g/mol. The second-order valence-corrected chi connectivity index (χ2v) is 6.19. The molecule has 0 spiro atoms. The molecule has 0 atom stereocenters. The highest BCUT2D eigenvalue weighted by molar-refractivity contribution is 7.12. The van der Waals surface area contributed by atoms with Crippen molar-refractivity contribution in [3.05, 3.63) is 79.1 Å². The number of nitro groups is 2. The number of rotatable bonds is 6. The van der Waals surface area contributed by atoms with Crippen LogP contribution >= 0.6 is 11.3 Å². The van der Waals surface area contributed by atoms with E-state index in [2.05, 4.69) is 15.5 Å². The van der Waals surface area contributed by atoms with Gasteiger partial charge >= 0.3 is 0 Å². The summed E-state index contributed by atoms with van der Waals surface area (Å²) >= 11 is 1.15. The lowest BCUT2D eigenvalue weighted by Gasteiger charge is -2.00. The van der Waals surface area contributed by atoms with Gasteiger partial charge < -0.3 is 0 Å². The molecule has 11 heteroatoms. The molecule has 0 bridgehead atoms. The molecule has 1 heterocycles. The molecule has 0 aliphatic heterocycles. The van der Waals surface area contributed by atoms with E-state index in [0.717, 1.165) is 11.3 Å². The summed E-state index contributed by atoms with van der Waals surface area (Å²) in [4.78, 5) is 25.0. The van der Waals surface area contributed by atoms with E-state index >= 15 is 0 Å². The molecule has 3 rings (SSSR count). The Kier molecular flexibility index (Phi) is 5.33. The molecule has 3 aromatic rings. The first-order chi connectivity index (χ1) is 13.5. The summed E-state index contributed by atoms with van der Waals surface area (Å²) in [6, 6.07) is 13.6. The van der Waals surface area contributed by atoms with Crippen molar-refractivity contribution in [3.63, 3.8) is 0 Å². The molecule has 1 aromatic heterocycles. The lowest BCUT2D eigenvalue weighted by Crippen LogP contribution is -2.01. The maximum Gasteiger partial charge on any atom is 0.271 e. The first-order valence-corrected chi connectivity index (χ1v) is 8.55. The molecule has 1 N–H and O–H groups in total. The Balaban J connectivity index is 1.84. The van der Waals surface area contributed by atoms with Crippen LogP contribution in [0.4, 0.5) is 17.1 Å². The van der Waals surface area contributed by atoms with E-state index in [9.17, 15) is 25.5 Å². The summed E-state index contributed by atoms with van der Waals surface area (Å²) in [7, 11) is 0. The Labute approximate surface area is 161 Å². The van der Waals surface area contributed by atoms with Crippen LogP contribution in [0.5, 0.6) is 0 Å². The number of anilines is 1. The van der Waals surface area contributed by atoms with E-state index in [1.165, 1.54) is 30.3 Å². The smallest absolute Gasteiger partial charge is 0.271 e. The number of non-ortho nitro benzene ring substituents is 2. The van der Waals surface area contributed by atoms with E-state index in [0.29, 0.717) is 22.0 Å². The Morgan fingerprint density at radius 3 is 2.46 bits per heavy atom. The number of hydrogen-bond donors (Lipinski definition) is 1. The zero-order chi connectivity index (χ0) is 20.1. The van der Waals surface area contributed by atoms with Gasteiger partial charge in [-0.1, -0.05) is 18.2 Å². The van der Waals surface area contributed by atoms with Crippen LogP contribution < -0.4 is 5.43 Å². The molecule has 0 saturated heterocycles. The van der Waals surface area contributed by atoms with E-state index in [-0.39, 0.29) is 17.1 Å². The Bertz CT molecular complexity index is 1130. The van der Waals surface area contributed by atoms with Crippen molar-refractivity contribution in [2.45, 2.75) is 0 Å². The average Bonchev–Trinajstić information content (AvgIpc) is 3.19. The summed E-state index contributed by atoms with van der Waals surface area (Å²) in [5.41, 5.74) is 3.77. The molecule has 28 heavy (non-hydrogen) atoms. The van der Waals surface area contributed by atoms with Crippen molar-refractivity contribution in [1.82, 2.24) is 4.98 Å². The minimum Gasteiger partial charge on any atom is -0.277 e. The molecule has 0 saturated carbocycles. The fraction of sp³-hybridized carbons (Fsp3) is 0. The average molecular weight is 394 g/mol. The minimum atomic E-state index is -0.535. The maximum absolute atomic E-state index is 10.9. The third-order valence-corrected chi connectivity index (χ3v) is 4.37.